The second kappa shape index (κ2) is 10.6. The van der Waals surface area contributed by atoms with Crippen LogP contribution in [0.2, 0.25) is 0 Å². The highest BCUT2D eigenvalue weighted by Crippen LogP contribution is 2.36. The third-order valence-corrected chi connectivity index (χ3v) is 7.29. The summed E-state index contributed by atoms with van der Waals surface area (Å²) in [6.07, 6.45) is 5.02. The van der Waals surface area contributed by atoms with Crippen LogP contribution in [0.4, 0.5) is 0 Å². The molecule has 0 radical (unpaired) electrons. The molecule has 1 aliphatic carbocycles. The number of aromatic nitrogens is 2. The number of rotatable bonds is 5. The molecule has 1 aliphatic rings. The minimum Gasteiger partial charge on any atom is -0.228 e. The van der Waals surface area contributed by atoms with Gasteiger partial charge in [0.1, 0.15) is 0 Å². The van der Waals surface area contributed by atoms with Gasteiger partial charge in [-0.25, -0.2) is 9.97 Å². The summed E-state index contributed by atoms with van der Waals surface area (Å²) in [5, 5.41) is 0.906. The molecule has 3 heteroatoms. The van der Waals surface area contributed by atoms with Crippen LogP contribution in [0.3, 0.4) is 0 Å². The van der Waals surface area contributed by atoms with Crippen molar-refractivity contribution in [2.75, 3.05) is 0 Å². The molecule has 1 unspecified atom stereocenters. The van der Waals surface area contributed by atoms with E-state index in [4.69, 9.17) is 21.6 Å². The summed E-state index contributed by atoms with van der Waals surface area (Å²) < 4.78 is 0. The summed E-state index contributed by atoms with van der Waals surface area (Å²) in [7, 11) is 0. The van der Waals surface area contributed by atoms with Gasteiger partial charge in [-0.2, -0.15) is 0 Å². The molecule has 1 aromatic heterocycles. The van der Waals surface area contributed by atoms with Gasteiger partial charge in [0, 0.05) is 21.7 Å². The Morgan fingerprint density at radius 3 is 1.79 bits per heavy atom. The summed E-state index contributed by atoms with van der Waals surface area (Å²) in [5.74, 6) is 1.09. The fourth-order valence-electron chi connectivity index (χ4n) is 4.98. The van der Waals surface area contributed by atoms with Crippen LogP contribution in [0, 0.1) is 5.92 Å². The van der Waals surface area contributed by atoms with Gasteiger partial charge in [0.15, 0.2) is 5.82 Å². The molecule has 38 heavy (non-hydrogen) atoms. The maximum Gasteiger partial charge on any atom is 0.160 e. The topological polar surface area (TPSA) is 25.8 Å². The Balaban J connectivity index is 1.44. The van der Waals surface area contributed by atoms with Crippen LogP contribution >= 0.6 is 11.6 Å². The molecular weight excluding hydrogens is 484 g/mol. The van der Waals surface area contributed by atoms with Gasteiger partial charge >= 0.3 is 0 Å². The van der Waals surface area contributed by atoms with Crippen LogP contribution in [-0.2, 0) is 0 Å². The molecule has 184 valence electrons. The predicted octanol–water partition coefficient (Wildman–Crippen LogP) is 9.69. The number of benzene rings is 4. The van der Waals surface area contributed by atoms with Crippen molar-refractivity contribution in [1.82, 2.24) is 9.97 Å². The van der Waals surface area contributed by atoms with Gasteiger partial charge in [-0.15, -0.1) is 0 Å². The average molecular weight is 511 g/mol. The zero-order valence-corrected chi connectivity index (χ0v) is 21.9. The lowest BCUT2D eigenvalue weighted by molar-refractivity contribution is 0.749. The minimum atomic E-state index is 0.367. The Labute approximate surface area is 229 Å². The Hall–Kier alpha value is -4.27. The zero-order valence-electron chi connectivity index (χ0n) is 21.2. The predicted molar refractivity (Wildman–Crippen MR) is 159 cm³/mol. The third kappa shape index (κ3) is 5.09. The average Bonchev–Trinajstić information content (AvgIpc) is 2.98. The maximum atomic E-state index is 6.29. The maximum absolute atomic E-state index is 6.29. The summed E-state index contributed by atoms with van der Waals surface area (Å²) in [6.45, 7) is 2.23. The minimum absolute atomic E-state index is 0.367. The van der Waals surface area contributed by atoms with Gasteiger partial charge in [-0.05, 0) is 52.8 Å². The second-order valence-corrected chi connectivity index (χ2v) is 10.2. The fraction of sp³-hybridized carbons (Fsp3) is 0.0857. The van der Waals surface area contributed by atoms with Crippen LogP contribution in [0.5, 0.6) is 0 Å². The molecule has 0 saturated heterocycles. The van der Waals surface area contributed by atoms with Gasteiger partial charge in [0.05, 0.1) is 11.4 Å². The highest BCUT2D eigenvalue weighted by molar-refractivity contribution is 6.30. The number of nitrogens with zero attached hydrogens (tertiary/aromatic N) is 2. The molecule has 1 heterocycles. The first-order valence-electron chi connectivity index (χ1n) is 12.9. The lowest BCUT2D eigenvalue weighted by Gasteiger charge is -2.20. The van der Waals surface area contributed by atoms with E-state index in [9.17, 15) is 0 Å². The van der Waals surface area contributed by atoms with E-state index in [1.165, 1.54) is 22.3 Å². The van der Waals surface area contributed by atoms with Crippen LogP contribution in [0.1, 0.15) is 18.9 Å². The molecule has 5 aromatic rings. The van der Waals surface area contributed by atoms with Crippen molar-refractivity contribution in [3.8, 4) is 45.0 Å². The number of hydrogen-bond acceptors (Lipinski definition) is 2. The SMILES string of the molecule is CC1CC(Cl)=CC=C1c1cccc(-c2cc(-c3ccc(-c4ccccc4)cc3)nc(-c3ccccc3)n2)c1. The second-order valence-electron chi connectivity index (χ2n) is 9.69. The van der Waals surface area contributed by atoms with E-state index < -0.39 is 0 Å². The van der Waals surface area contributed by atoms with Gasteiger partial charge in [-0.3, -0.25) is 0 Å². The van der Waals surface area contributed by atoms with Crippen molar-refractivity contribution in [3.05, 3.63) is 138 Å². The summed E-state index contributed by atoms with van der Waals surface area (Å²) in [4.78, 5) is 10.0. The van der Waals surface area contributed by atoms with Crippen LogP contribution < -0.4 is 0 Å². The van der Waals surface area contributed by atoms with E-state index >= 15 is 0 Å². The first kappa shape index (κ1) is 24.1. The van der Waals surface area contributed by atoms with E-state index in [1.807, 2.05) is 30.3 Å². The van der Waals surface area contributed by atoms with Crippen LogP contribution in [0.25, 0.3) is 50.6 Å². The zero-order chi connectivity index (χ0) is 25.9. The Morgan fingerprint density at radius 1 is 0.553 bits per heavy atom. The molecule has 0 aliphatic heterocycles. The van der Waals surface area contributed by atoms with Crippen molar-refractivity contribution in [1.29, 1.82) is 0 Å². The van der Waals surface area contributed by atoms with E-state index in [0.717, 1.165) is 45.4 Å². The molecule has 1 atom stereocenters. The molecule has 0 fully saturated rings. The molecule has 4 aromatic carbocycles. The summed E-state index contributed by atoms with van der Waals surface area (Å²) in [5.41, 5.74) is 9.81. The van der Waals surface area contributed by atoms with Gasteiger partial charge < -0.3 is 0 Å². The quantitative estimate of drug-likeness (QED) is 0.235. The highest BCUT2D eigenvalue weighted by atomic mass is 35.5. The smallest absolute Gasteiger partial charge is 0.160 e. The fourth-order valence-corrected chi connectivity index (χ4v) is 5.27. The van der Waals surface area contributed by atoms with Gasteiger partial charge in [-0.1, -0.05) is 128 Å². The highest BCUT2D eigenvalue weighted by Gasteiger charge is 2.17. The first-order valence-corrected chi connectivity index (χ1v) is 13.3. The molecule has 0 saturated carbocycles. The summed E-state index contributed by atoms with van der Waals surface area (Å²) >= 11 is 6.29. The largest absolute Gasteiger partial charge is 0.228 e. The van der Waals surface area contributed by atoms with Gasteiger partial charge in [0.25, 0.3) is 0 Å². The van der Waals surface area contributed by atoms with E-state index in [1.54, 1.807) is 0 Å². The van der Waals surface area contributed by atoms with Crippen molar-refractivity contribution in [3.63, 3.8) is 0 Å². The number of allylic oxidation sites excluding steroid dienone is 4. The third-order valence-electron chi connectivity index (χ3n) is 7.01. The standard InChI is InChI=1S/C35H27ClN2/c1-24-21-31(36)19-20-32(24)29-13-8-14-30(22-29)34-23-33(37-35(38-34)28-11-6-3-7-12-28)27-17-15-26(16-18-27)25-9-4-2-5-10-25/h2-20,22-24H,21H2,1H3. The molecule has 2 nitrogen and oxygen atoms in total. The normalized spacial score (nSPS) is 15.1. The van der Waals surface area contributed by atoms with Crippen LogP contribution in [-0.4, -0.2) is 9.97 Å². The van der Waals surface area contributed by atoms with Crippen molar-refractivity contribution in [2.24, 2.45) is 5.92 Å². The van der Waals surface area contributed by atoms with Crippen LogP contribution in [0.15, 0.2) is 132 Å². The van der Waals surface area contributed by atoms with Crippen molar-refractivity contribution < 1.29 is 0 Å². The van der Waals surface area contributed by atoms with E-state index in [2.05, 4.69) is 104 Å². The molecule has 6 rings (SSSR count). The number of halogens is 1. The van der Waals surface area contributed by atoms with E-state index in [-0.39, 0.29) is 0 Å². The Morgan fingerprint density at radius 2 is 1.11 bits per heavy atom. The van der Waals surface area contributed by atoms with Gasteiger partial charge in [0.2, 0.25) is 0 Å². The molecular formula is C35H27ClN2. The summed E-state index contributed by atoms with van der Waals surface area (Å²) in [6, 6.07) is 39.9. The molecule has 0 amide bonds. The van der Waals surface area contributed by atoms with Crippen molar-refractivity contribution in [2.45, 2.75) is 13.3 Å². The molecule has 0 spiro atoms. The Kier molecular flexibility index (Phi) is 6.73. The number of hydrogen-bond donors (Lipinski definition) is 0. The molecule has 0 N–H and O–H groups in total. The lowest BCUT2D eigenvalue weighted by Crippen LogP contribution is -2.03. The van der Waals surface area contributed by atoms with E-state index in [0.29, 0.717) is 5.92 Å². The first-order chi connectivity index (χ1) is 18.6. The monoisotopic (exact) mass is 510 g/mol. The molecule has 0 bridgehead atoms. The lowest BCUT2D eigenvalue weighted by atomic mass is 9.87. The Bertz CT molecular complexity index is 1640. The van der Waals surface area contributed by atoms with Crippen molar-refractivity contribution >= 4 is 17.2 Å².